The third-order valence-corrected chi connectivity index (χ3v) is 4.41. The van der Waals surface area contributed by atoms with Crippen molar-refractivity contribution in [1.82, 2.24) is 9.78 Å². The summed E-state index contributed by atoms with van der Waals surface area (Å²) >= 11 is 6.13. The minimum atomic E-state index is -0.609. The van der Waals surface area contributed by atoms with Crippen molar-refractivity contribution in [3.63, 3.8) is 0 Å². The number of carbonyl (C=O) groups excluding carboxylic acids is 1. The molecule has 30 heavy (non-hydrogen) atoms. The van der Waals surface area contributed by atoms with Crippen molar-refractivity contribution < 1.29 is 14.3 Å². The smallest absolute Gasteiger partial charge is 0.362 e. The molecule has 0 aliphatic heterocycles. The average molecular weight is 428 g/mol. The van der Waals surface area contributed by atoms with Crippen molar-refractivity contribution in [2.45, 2.75) is 6.92 Å². The predicted octanol–water partition coefficient (Wildman–Crippen LogP) is 5.19. The molecule has 3 rings (SSSR count). The maximum Gasteiger partial charge on any atom is 0.362 e. The molecule has 3 aromatic rings. The van der Waals surface area contributed by atoms with E-state index in [4.69, 9.17) is 21.1 Å². The second-order valence-corrected chi connectivity index (χ2v) is 6.86. The average Bonchev–Trinajstić information content (AvgIpc) is 3.11. The standard InChI is InChI=1S/C21H22ClN5O3/c1-5-30-21(28)18-19(29-4)20(27(25-18)17-8-6-7-14(22)13-17)24-23-15-9-11-16(12-10-15)26(2)3/h6-13H,5H2,1-4H3. The Kier molecular flexibility index (Phi) is 6.68. The molecule has 0 aliphatic rings. The lowest BCUT2D eigenvalue weighted by molar-refractivity contribution is 0.0515. The van der Waals surface area contributed by atoms with Crippen LogP contribution in [0.15, 0.2) is 58.8 Å². The van der Waals surface area contributed by atoms with Crippen molar-refractivity contribution in [2.75, 3.05) is 32.7 Å². The first-order chi connectivity index (χ1) is 14.4. The second-order valence-electron chi connectivity index (χ2n) is 6.43. The molecule has 0 unspecified atom stereocenters. The van der Waals surface area contributed by atoms with Crippen LogP contribution in [0.5, 0.6) is 5.75 Å². The predicted molar refractivity (Wildman–Crippen MR) is 116 cm³/mol. The molecule has 0 atom stereocenters. The number of azo groups is 1. The topological polar surface area (TPSA) is 81.3 Å². The van der Waals surface area contributed by atoms with Gasteiger partial charge in [-0.05, 0) is 49.4 Å². The minimum absolute atomic E-state index is 0.0104. The second kappa shape index (κ2) is 9.41. The van der Waals surface area contributed by atoms with Crippen LogP contribution >= 0.6 is 11.6 Å². The summed E-state index contributed by atoms with van der Waals surface area (Å²) in [7, 11) is 5.36. The van der Waals surface area contributed by atoms with E-state index >= 15 is 0 Å². The maximum absolute atomic E-state index is 12.4. The van der Waals surface area contributed by atoms with Gasteiger partial charge in [0, 0.05) is 24.8 Å². The summed E-state index contributed by atoms with van der Waals surface area (Å²) < 4.78 is 12.0. The van der Waals surface area contributed by atoms with Gasteiger partial charge in [-0.1, -0.05) is 17.7 Å². The van der Waals surface area contributed by atoms with Gasteiger partial charge in [-0.15, -0.1) is 10.2 Å². The van der Waals surface area contributed by atoms with E-state index in [0.29, 0.717) is 16.4 Å². The van der Waals surface area contributed by atoms with Crippen LogP contribution in [0.4, 0.5) is 17.2 Å². The van der Waals surface area contributed by atoms with Crippen LogP contribution in [-0.2, 0) is 4.74 Å². The first-order valence-electron chi connectivity index (χ1n) is 9.23. The van der Waals surface area contributed by atoms with Gasteiger partial charge < -0.3 is 14.4 Å². The van der Waals surface area contributed by atoms with Gasteiger partial charge in [0.25, 0.3) is 0 Å². The molecule has 0 saturated heterocycles. The van der Waals surface area contributed by atoms with E-state index in [0.717, 1.165) is 5.69 Å². The maximum atomic E-state index is 12.4. The summed E-state index contributed by atoms with van der Waals surface area (Å²) in [5, 5.41) is 13.5. The summed E-state index contributed by atoms with van der Waals surface area (Å²) in [5.41, 5.74) is 2.30. The molecule has 0 spiro atoms. The van der Waals surface area contributed by atoms with Crippen LogP contribution in [0.3, 0.4) is 0 Å². The number of esters is 1. The number of rotatable bonds is 7. The highest BCUT2D eigenvalue weighted by atomic mass is 35.5. The molecule has 8 nitrogen and oxygen atoms in total. The zero-order valence-corrected chi connectivity index (χ0v) is 17.9. The van der Waals surface area contributed by atoms with Gasteiger partial charge in [-0.25, -0.2) is 9.48 Å². The molecule has 0 radical (unpaired) electrons. The molecule has 0 fully saturated rings. The Balaban J connectivity index is 2.09. The van der Waals surface area contributed by atoms with Gasteiger partial charge in [-0.2, -0.15) is 5.10 Å². The number of nitrogens with zero attached hydrogens (tertiary/aromatic N) is 5. The fourth-order valence-corrected chi connectivity index (χ4v) is 2.90. The van der Waals surface area contributed by atoms with E-state index in [1.165, 1.54) is 11.8 Å². The highest BCUT2D eigenvalue weighted by molar-refractivity contribution is 6.30. The number of aromatic nitrogens is 2. The fraction of sp³-hybridized carbons (Fsp3) is 0.238. The molecule has 0 saturated carbocycles. The van der Waals surface area contributed by atoms with Crippen molar-refractivity contribution >= 4 is 34.8 Å². The lowest BCUT2D eigenvalue weighted by Gasteiger charge is -2.11. The van der Waals surface area contributed by atoms with Crippen LogP contribution < -0.4 is 9.64 Å². The Morgan fingerprint density at radius 1 is 1.17 bits per heavy atom. The van der Waals surface area contributed by atoms with Gasteiger partial charge >= 0.3 is 5.97 Å². The highest BCUT2D eigenvalue weighted by Gasteiger charge is 2.26. The summed E-state index contributed by atoms with van der Waals surface area (Å²) in [6.45, 7) is 1.93. The molecule has 0 aliphatic carbocycles. The number of carbonyl (C=O) groups is 1. The number of methoxy groups -OCH3 is 1. The molecule has 0 N–H and O–H groups in total. The first kappa shape index (κ1) is 21.3. The normalized spacial score (nSPS) is 11.0. The molecule has 156 valence electrons. The van der Waals surface area contributed by atoms with Crippen LogP contribution in [0.1, 0.15) is 17.4 Å². The Morgan fingerprint density at radius 2 is 1.90 bits per heavy atom. The first-order valence-corrected chi connectivity index (χ1v) is 9.61. The molecular weight excluding hydrogens is 406 g/mol. The SMILES string of the molecule is CCOC(=O)c1nn(-c2cccc(Cl)c2)c(N=Nc2ccc(N(C)C)cc2)c1OC. The van der Waals surface area contributed by atoms with Gasteiger partial charge in [0.15, 0.2) is 0 Å². The molecule has 0 amide bonds. The van der Waals surface area contributed by atoms with E-state index in [9.17, 15) is 4.79 Å². The van der Waals surface area contributed by atoms with Crippen LogP contribution in [0.25, 0.3) is 5.69 Å². The summed E-state index contributed by atoms with van der Waals surface area (Å²) in [6, 6.07) is 14.6. The van der Waals surface area contributed by atoms with E-state index in [1.54, 1.807) is 31.2 Å². The van der Waals surface area contributed by atoms with Crippen molar-refractivity contribution in [2.24, 2.45) is 10.2 Å². The Hall–Kier alpha value is -3.39. The molecule has 2 aromatic carbocycles. The number of hydrogen-bond donors (Lipinski definition) is 0. The van der Waals surface area contributed by atoms with Crippen molar-refractivity contribution in [1.29, 1.82) is 0 Å². The van der Waals surface area contributed by atoms with E-state index < -0.39 is 5.97 Å². The van der Waals surface area contributed by atoms with Crippen LogP contribution in [0, 0.1) is 0 Å². The van der Waals surface area contributed by atoms with Gasteiger partial charge in [0.1, 0.15) is 0 Å². The van der Waals surface area contributed by atoms with Crippen LogP contribution in [-0.4, -0.2) is 43.6 Å². The monoisotopic (exact) mass is 427 g/mol. The number of anilines is 1. The zero-order valence-electron chi connectivity index (χ0n) is 17.2. The molecule has 9 heteroatoms. The fourth-order valence-electron chi connectivity index (χ4n) is 2.71. The van der Waals surface area contributed by atoms with Gasteiger partial charge in [0.2, 0.25) is 17.3 Å². The molecule has 1 heterocycles. The number of hydrogen-bond acceptors (Lipinski definition) is 7. The summed E-state index contributed by atoms with van der Waals surface area (Å²) in [6.07, 6.45) is 0. The quantitative estimate of drug-likeness (QED) is 0.382. The number of ether oxygens (including phenoxy) is 2. The van der Waals surface area contributed by atoms with Crippen molar-refractivity contribution in [3.05, 3.63) is 59.2 Å². The lowest BCUT2D eigenvalue weighted by Crippen LogP contribution is -2.07. The number of benzene rings is 2. The summed E-state index contributed by atoms with van der Waals surface area (Å²) in [5.74, 6) is -0.191. The third kappa shape index (κ3) is 4.60. The van der Waals surface area contributed by atoms with E-state index in [1.807, 2.05) is 43.3 Å². The van der Waals surface area contributed by atoms with Crippen LogP contribution in [0.2, 0.25) is 5.02 Å². The van der Waals surface area contributed by atoms with Gasteiger partial charge in [0.05, 0.1) is 25.1 Å². The Morgan fingerprint density at radius 3 is 2.50 bits per heavy atom. The van der Waals surface area contributed by atoms with E-state index in [2.05, 4.69) is 15.3 Å². The van der Waals surface area contributed by atoms with Crippen molar-refractivity contribution in [3.8, 4) is 11.4 Å². The summed E-state index contributed by atoms with van der Waals surface area (Å²) in [4.78, 5) is 14.4. The molecular formula is C21H22ClN5O3. The highest BCUT2D eigenvalue weighted by Crippen LogP contribution is 2.36. The third-order valence-electron chi connectivity index (χ3n) is 4.17. The Bertz CT molecular complexity index is 1060. The Labute approximate surface area is 179 Å². The molecule has 0 bridgehead atoms. The largest absolute Gasteiger partial charge is 0.490 e. The lowest BCUT2D eigenvalue weighted by atomic mass is 10.3. The number of halogens is 1. The minimum Gasteiger partial charge on any atom is -0.490 e. The molecule has 1 aromatic heterocycles. The zero-order chi connectivity index (χ0) is 21.7. The van der Waals surface area contributed by atoms with E-state index in [-0.39, 0.29) is 23.9 Å². The van der Waals surface area contributed by atoms with Gasteiger partial charge in [-0.3, -0.25) is 0 Å².